The molecule has 1 atom stereocenters. The maximum atomic E-state index is 13.0. The largest absolute Gasteiger partial charge is 0.345 e. The summed E-state index contributed by atoms with van der Waals surface area (Å²) in [4.78, 5) is 12.5. The van der Waals surface area contributed by atoms with Gasteiger partial charge in [0.05, 0.1) is 6.04 Å². The van der Waals surface area contributed by atoms with Crippen LogP contribution in [0.2, 0.25) is 0 Å². The van der Waals surface area contributed by atoms with Crippen LogP contribution in [0.5, 0.6) is 0 Å². The second kappa shape index (κ2) is 5.98. The van der Waals surface area contributed by atoms with Crippen molar-refractivity contribution in [1.29, 1.82) is 0 Å². The number of hydrogen-bond donors (Lipinski definition) is 1. The van der Waals surface area contributed by atoms with Gasteiger partial charge >= 0.3 is 0 Å². The summed E-state index contributed by atoms with van der Waals surface area (Å²) in [6.07, 6.45) is 0. The van der Waals surface area contributed by atoms with E-state index in [4.69, 9.17) is 0 Å². The van der Waals surface area contributed by atoms with E-state index in [9.17, 15) is 9.18 Å². The van der Waals surface area contributed by atoms with Crippen LogP contribution in [0.3, 0.4) is 0 Å². The Labute approximate surface area is 128 Å². The predicted molar refractivity (Wildman–Crippen MR) is 86.2 cm³/mol. The summed E-state index contributed by atoms with van der Waals surface area (Å²) in [6.45, 7) is 1.89. The quantitative estimate of drug-likeness (QED) is 0.758. The van der Waals surface area contributed by atoms with Crippen molar-refractivity contribution >= 4 is 16.7 Å². The Morgan fingerprint density at radius 3 is 2.41 bits per heavy atom. The first-order valence-corrected chi connectivity index (χ1v) is 7.19. The molecule has 2 nitrogen and oxygen atoms in total. The van der Waals surface area contributed by atoms with Gasteiger partial charge in [0.25, 0.3) is 5.91 Å². The van der Waals surface area contributed by atoms with Gasteiger partial charge in [0.2, 0.25) is 0 Å². The zero-order valence-electron chi connectivity index (χ0n) is 12.2. The minimum Gasteiger partial charge on any atom is -0.345 e. The van der Waals surface area contributed by atoms with Crippen LogP contribution in [0.1, 0.15) is 28.9 Å². The molecule has 3 aromatic rings. The van der Waals surface area contributed by atoms with Crippen LogP contribution in [-0.4, -0.2) is 5.91 Å². The predicted octanol–water partition coefficient (Wildman–Crippen LogP) is 4.47. The van der Waals surface area contributed by atoms with Crippen LogP contribution in [0.4, 0.5) is 4.39 Å². The summed E-state index contributed by atoms with van der Waals surface area (Å²) >= 11 is 0. The number of rotatable bonds is 3. The van der Waals surface area contributed by atoms with Crippen LogP contribution in [0.15, 0.2) is 66.7 Å². The van der Waals surface area contributed by atoms with Crippen LogP contribution in [0.25, 0.3) is 10.8 Å². The number of carbonyl (C=O) groups is 1. The topological polar surface area (TPSA) is 29.1 Å². The molecule has 22 heavy (non-hydrogen) atoms. The van der Waals surface area contributed by atoms with Gasteiger partial charge < -0.3 is 5.32 Å². The second-order valence-corrected chi connectivity index (χ2v) is 5.27. The normalized spacial score (nSPS) is 12.1. The summed E-state index contributed by atoms with van der Waals surface area (Å²) in [5.74, 6) is -0.412. The van der Waals surface area contributed by atoms with Gasteiger partial charge in [-0.2, -0.15) is 0 Å². The van der Waals surface area contributed by atoms with E-state index < -0.39 is 0 Å². The number of hydrogen-bond acceptors (Lipinski definition) is 1. The number of fused-ring (bicyclic) bond motifs is 1. The molecule has 0 aliphatic carbocycles. The zero-order chi connectivity index (χ0) is 15.5. The SMILES string of the molecule is C[C@@H](NC(=O)c1cccc2ccccc12)c1ccc(F)cc1. The molecular formula is C19H16FNO. The standard InChI is InChI=1S/C19H16FNO/c1-13(14-9-11-16(20)12-10-14)21-19(22)18-8-4-6-15-5-2-3-7-17(15)18/h2-13H,1H3,(H,21,22)/t13-/m1/s1. The highest BCUT2D eigenvalue weighted by Crippen LogP contribution is 2.20. The van der Waals surface area contributed by atoms with Crippen LogP contribution in [0, 0.1) is 5.82 Å². The highest BCUT2D eigenvalue weighted by atomic mass is 19.1. The fraction of sp³-hybridized carbons (Fsp3) is 0.105. The molecule has 0 saturated heterocycles. The number of amides is 1. The molecule has 0 unspecified atom stereocenters. The van der Waals surface area contributed by atoms with Gasteiger partial charge in [-0.3, -0.25) is 4.79 Å². The minimum atomic E-state index is -0.281. The molecule has 0 aliphatic heterocycles. The molecule has 0 spiro atoms. The average Bonchev–Trinajstić information content (AvgIpc) is 2.54. The molecule has 1 N–H and O–H groups in total. The third-order valence-corrected chi connectivity index (χ3v) is 3.75. The van der Waals surface area contributed by atoms with Crippen molar-refractivity contribution in [3.05, 3.63) is 83.7 Å². The van der Waals surface area contributed by atoms with Gasteiger partial charge in [0, 0.05) is 5.56 Å². The second-order valence-electron chi connectivity index (χ2n) is 5.27. The molecule has 3 aromatic carbocycles. The average molecular weight is 293 g/mol. The third kappa shape index (κ3) is 2.84. The van der Waals surface area contributed by atoms with E-state index >= 15 is 0 Å². The maximum Gasteiger partial charge on any atom is 0.252 e. The molecule has 0 aliphatic rings. The third-order valence-electron chi connectivity index (χ3n) is 3.75. The fourth-order valence-corrected chi connectivity index (χ4v) is 2.53. The first-order valence-electron chi connectivity index (χ1n) is 7.19. The Hall–Kier alpha value is -2.68. The Morgan fingerprint density at radius 1 is 0.955 bits per heavy atom. The highest BCUT2D eigenvalue weighted by Gasteiger charge is 2.13. The van der Waals surface area contributed by atoms with E-state index in [1.54, 1.807) is 12.1 Å². The summed E-state index contributed by atoms with van der Waals surface area (Å²) < 4.78 is 13.0. The van der Waals surface area contributed by atoms with Crippen molar-refractivity contribution in [3.63, 3.8) is 0 Å². The van der Waals surface area contributed by atoms with Crippen molar-refractivity contribution in [1.82, 2.24) is 5.32 Å². The van der Waals surface area contributed by atoms with Crippen LogP contribution < -0.4 is 5.32 Å². The summed E-state index contributed by atoms with van der Waals surface area (Å²) in [6, 6.07) is 19.4. The monoisotopic (exact) mass is 293 g/mol. The molecule has 0 saturated carbocycles. The fourth-order valence-electron chi connectivity index (χ4n) is 2.53. The molecule has 1 amide bonds. The van der Waals surface area contributed by atoms with Gasteiger partial charge in [-0.25, -0.2) is 4.39 Å². The van der Waals surface area contributed by atoms with Crippen molar-refractivity contribution in [2.45, 2.75) is 13.0 Å². The molecule has 0 radical (unpaired) electrons. The lowest BCUT2D eigenvalue weighted by molar-refractivity contribution is 0.0941. The number of nitrogens with one attached hydrogen (secondary N) is 1. The summed E-state index contributed by atoms with van der Waals surface area (Å²) in [5, 5.41) is 4.92. The first-order chi connectivity index (χ1) is 10.6. The molecule has 3 heteroatoms. The Morgan fingerprint density at radius 2 is 1.64 bits per heavy atom. The summed E-state index contributed by atoms with van der Waals surface area (Å²) in [5.41, 5.74) is 1.52. The lowest BCUT2D eigenvalue weighted by Crippen LogP contribution is -2.26. The lowest BCUT2D eigenvalue weighted by atomic mass is 10.0. The van der Waals surface area contributed by atoms with Gasteiger partial charge in [-0.15, -0.1) is 0 Å². The summed E-state index contributed by atoms with van der Waals surface area (Å²) in [7, 11) is 0. The first kappa shape index (κ1) is 14.3. The molecule has 110 valence electrons. The van der Waals surface area contributed by atoms with Crippen molar-refractivity contribution in [3.8, 4) is 0 Å². The number of benzene rings is 3. The minimum absolute atomic E-state index is 0.131. The van der Waals surface area contributed by atoms with Crippen LogP contribution in [-0.2, 0) is 0 Å². The Balaban J connectivity index is 1.85. The molecule has 0 aromatic heterocycles. The van der Waals surface area contributed by atoms with Gasteiger partial charge in [0.1, 0.15) is 5.82 Å². The van der Waals surface area contributed by atoms with Gasteiger partial charge in [0.15, 0.2) is 0 Å². The van der Waals surface area contributed by atoms with Gasteiger partial charge in [-0.05, 0) is 41.5 Å². The Kier molecular flexibility index (Phi) is 3.88. The molecule has 0 fully saturated rings. The van der Waals surface area contributed by atoms with E-state index in [2.05, 4.69) is 5.32 Å². The van der Waals surface area contributed by atoms with E-state index in [0.717, 1.165) is 16.3 Å². The highest BCUT2D eigenvalue weighted by molar-refractivity contribution is 6.07. The van der Waals surface area contributed by atoms with E-state index in [0.29, 0.717) is 5.56 Å². The van der Waals surface area contributed by atoms with Gasteiger partial charge in [-0.1, -0.05) is 48.5 Å². The van der Waals surface area contributed by atoms with Crippen molar-refractivity contribution in [2.75, 3.05) is 0 Å². The molecular weight excluding hydrogens is 277 g/mol. The Bertz CT molecular complexity index is 806. The lowest BCUT2D eigenvalue weighted by Gasteiger charge is -2.15. The maximum absolute atomic E-state index is 13.0. The van der Waals surface area contributed by atoms with E-state index in [1.807, 2.05) is 49.4 Å². The van der Waals surface area contributed by atoms with Crippen molar-refractivity contribution < 1.29 is 9.18 Å². The smallest absolute Gasteiger partial charge is 0.252 e. The van der Waals surface area contributed by atoms with Crippen LogP contribution >= 0.6 is 0 Å². The van der Waals surface area contributed by atoms with Crippen molar-refractivity contribution in [2.24, 2.45) is 0 Å². The molecule has 0 heterocycles. The zero-order valence-corrected chi connectivity index (χ0v) is 12.2. The molecule has 3 rings (SSSR count). The molecule has 0 bridgehead atoms. The number of carbonyl (C=O) groups excluding carboxylic acids is 1. The van der Waals surface area contributed by atoms with E-state index in [-0.39, 0.29) is 17.8 Å². The number of halogens is 1. The van der Waals surface area contributed by atoms with E-state index in [1.165, 1.54) is 12.1 Å².